The van der Waals surface area contributed by atoms with E-state index in [1.807, 2.05) is 6.07 Å². The Morgan fingerprint density at radius 1 is 1.23 bits per heavy atom. The summed E-state index contributed by atoms with van der Waals surface area (Å²) < 4.78 is -1.54. The standard InChI is InChI=1S/C9H10Cl2O2/c10-9(11,6-12)8(13)7-4-2-1-3-5-7/h1-5,8,12-13H,6H2/t8-/m0/s1. The molecule has 0 heterocycles. The highest BCUT2D eigenvalue weighted by atomic mass is 35.5. The van der Waals surface area contributed by atoms with E-state index in [0.717, 1.165) is 0 Å². The van der Waals surface area contributed by atoms with Gasteiger partial charge >= 0.3 is 0 Å². The second kappa shape index (κ2) is 4.29. The quantitative estimate of drug-likeness (QED) is 0.765. The van der Waals surface area contributed by atoms with Crippen molar-refractivity contribution in [3.8, 4) is 0 Å². The molecule has 0 saturated heterocycles. The van der Waals surface area contributed by atoms with Crippen LogP contribution in [0.2, 0.25) is 0 Å². The molecule has 0 aromatic heterocycles. The van der Waals surface area contributed by atoms with Gasteiger partial charge in [0.1, 0.15) is 6.10 Å². The minimum atomic E-state index is -1.54. The summed E-state index contributed by atoms with van der Waals surface area (Å²) in [5.41, 5.74) is 0.585. The first-order chi connectivity index (χ1) is 6.08. The Balaban J connectivity index is 2.85. The molecule has 0 aliphatic heterocycles. The monoisotopic (exact) mass is 220 g/mol. The molecule has 13 heavy (non-hydrogen) atoms. The number of halogens is 2. The Morgan fingerprint density at radius 3 is 2.23 bits per heavy atom. The van der Waals surface area contributed by atoms with Gasteiger partial charge in [-0.3, -0.25) is 0 Å². The van der Waals surface area contributed by atoms with Gasteiger partial charge in [0, 0.05) is 0 Å². The van der Waals surface area contributed by atoms with Gasteiger partial charge in [0.2, 0.25) is 0 Å². The van der Waals surface area contributed by atoms with Crippen molar-refractivity contribution in [1.29, 1.82) is 0 Å². The smallest absolute Gasteiger partial charge is 0.170 e. The fourth-order valence-corrected chi connectivity index (χ4v) is 1.22. The van der Waals surface area contributed by atoms with Crippen molar-refractivity contribution in [1.82, 2.24) is 0 Å². The highest BCUT2D eigenvalue weighted by Gasteiger charge is 2.33. The molecule has 0 unspecified atom stereocenters. The fourth-order valence-electron chi connectivity index (χ4n) is 0.966. The van der Waals surface area contributed by atoms with E-state index in [-0.39, 0.29) is 0 Å². The number of aliphatic hydroxyl groups is 2. The average molecular weight is 221 g/mol. The van der Waals surface area contributed by atoms with Crippen LogP contribution in [-0.4, -0.2) is 21.2 Å². The summed E-state index contributed by atoms with van der Waals surface area (Å²) in [5, 5.41) is 18.4. The molecule has 0 fully saturated rings. The van der Waals surface area contributed by atoms with Crippen LogP contribution in [0.4, 0.5) is 0 Å². The van der Waals surface area contributed by atoms with Gasteiger partial charge in [-0.15, -0.1) is 0 Å². The van der Waals surface area contributed by atoms with E-state index in [1.165, 1.54) is 0 Å². The molecule has 1 aromatic rings. The number of hydrogen-bond acceptors (Lipinski definition) is 2. The van der Waals surface area contributed by atoms with E-state index < -0.39 is 17.0 Å². The SMILES string of the molecule is OCC(Cl)(Cl)[C@@H](O)c1ccccc1. The van der Waals surface area contributed by atoms with Gasteiger partial charge in [0.25, 0.3) is 0 Å². The summed E-state index contributed by atoms with van der Waals surface area (Å²) in [6.07, 6.45) is -1.08. The lowest BCUT2D eigenvalue weighted by Crippen LogP contribution is -2.27. The number of rotatable bonds is 3. The van der Waals surface area contributed by atoms with E-state index in [1.54, 1.807) is 24.3 Å². The highest BCUT2D eigenvalue weighted by molar-refractivity contribution is 6.49. The molecule has 0 saturated carbocycles. The molecule has 4 heteroatoms. The molecule has 0 aliphatic carbocycles. The second-order valence-corrected chi connectivity index (χ2v) is 4.27. The molecule has 0 spiro atoms. The summed E-state index contributed by atoms with van der Waals surface area (Å²) >= 11 is 11.3. The van der Waals surface area contributed by atoms with E-state index in [2.05, 4.69) is 0 Å². The summed E-state index contributed by atoms with van der Waals surface area (Å²) in [6.45, 7) is -0.494. The van der Waals surface area contributed by atoms with Gasteiger partial charge in [0.15, 0.2) is 4.33 Å². The Kier molecular flexibility index (Phi) is 3.56. The Morgan fingerprint density at radius 2 is 1.77 bits per heavy atom. The number of alkyl halides is 2. The predicted molar refractivity (Wildman–Crippen MR) is 52.9 cm³/mol. The van der Waals surface area contributed by atoms with Crippen LogP contribution in [0.3, 0.4) is 0 Å². The van der Waals surface area contributed by atoms with Crippen molar-refractivity contribution < 1.29 is 10.2 Å². The van der Waals surface area contributed by atoms with Crippen molar-refractivity contribution in [2.45, 2.75) is 10.4 Å². The molecule has 2 N–H and O–H groups in total. The first-order valence-electron chi connectivity index (χ1n) is 3.79. The van der Waals surface area contributed by atoms with Crippen LogP contribution >= 0.6 is 23.2 Å². The van der Waals surface area contributed by atoms with E-state index in [4.69, 9.17) is 28.3 Å². The minimum absolute atomic E-state index is 0.494. The third kappa shape index (κ3) is 2.58. The van der Waals surface area contributed by atoms with Crippen molar-refractivity contribution in [2.75, 3.05) is 6.61 Å². The van der Waals surface area contributed by atoms with Gasteiger partial charge in [-0.05, 0) is 5.56 Å². The molecule has 0 radical (unpaired) electrons. The minimum Gasteiger partial charge on any atom is -0.393 e. The van der Waals surface area contributed by atoms with Crippen molar-refractivity contribution in [3.05, 3.63) is 35.9 Å². The summed E-state index contributed by atoms with van der Waals surface area (Å²) in [7, 11) is 0. The average Bonchev–Trinajstić information content (AvgIpc) is 2.18. The van der Waals surface area contributed by atoms with Crippen molar-refractivity contribution in [2.24, 2.45) is 0 Å². The zero-order chi connectivity index (χ0) is 9.90. The second-order valence-electron chi connectivity index (χ2n) is 2.73. The summed E-state index contributed by atoms with van der Waals surface area (Å²) in [6, 6.07) is 8.73. The summed E-state index contributed by atoms with van der Waals surface area (Å²) in [4.78, 5) is 0. The van der Waals surface area contributed by atoms with Gasteiger partial charge in [-0.1, -0.05) is 53.5 Å². The number of benzene rings is 1. The number of hydrogen-bond donors (Lipinski definition) is 2. The predicted octanol–water partition coefficient (Wildman–Crippen LogP) is 1.89. The van der Waals surface area contributed by atoms with Crippen LogP contribution in [0.15, 0.2) is 30.3 Å². The summed E-state index contributed by atoms with van der Waals surface area (Å²) in [5.74, 6) is 0. The molecule has 1 aromatic carbocycles. The third-order valence-corrected chi connectivity index (χ3v) is 2.38. The normalized spacial score (nSPS) is 14.2. The van der Waals surface area contributed by atoms with Gasteiger partial charge in [-0.2, -0.15) is 0 Å². The maximum Gasteiger partial charge on any atom is 0.170 e. The molecule has 1 atom stereocenters. The molecule has 72 valence electrons. The zero-order valence-corrected chi connectivity index (χ0v) is 8.33. The van der Waals surface area contributed by atoms with E-state index in [0.29, 0.717) is 5.56 Å². The highest BCUT2D eigenvalue weighted by Crippen LogP contribution is 2.35. The van der Waals surface area contributed by atoms with Crippen molar-refractivity contribution >= 4 is 23.2 Å². The fraction of sp³-hybridized carbons (Fsp3) is 0.333. The Hall–Kier alpha value is -0.280. The Bertz CT molecular complexity index is 262. The van der Waals surface area contributed by atoms with E-state index in [9.17, 15) is 5.11 Å². The van der Waals surface area contributed by atoms with Crippen molar-refractivity contribution in [3.63, 3.8) is 0 Å². The molecular weight excluding hydrogens is 211 g/mol. The van der Waals surface area contributed by atoms with Crippen LogP contribution in [-0.2, 0) is 0 Å². The topological polar surface area (TPSA) is 40.5 Å². The molecular formula is C9H10Cl2O2. The van der Waals surface area contributed by atoms with Crippen LogP contribution in [0.25, 0.3) is 0 Å². The third-order valence-electron chi connectivity index (χ3n) is 1.73. The molecule has 1 rings (SSSR count). The largest absolute Gasteiger partial charge is 0.393 e. The van der Waals surface area contributed by atoms with Gasteiger partial charge in [0.05, 0.1) is 6.61 Å². The van der Waals surface area contributed by atoms with Crippen LogP contribution in [0.5, 0.6) is 0 Å². The van der Waals surface area contributed by atoms with Crippen LogP contribution < -0.4 is 0 Å². The lowest BCUT2D eigenvalue weighted by molar-refractivity contribution is 0.122. The molecule has 0 amide bonds. The van der Waals surface area contributed by atoms with Crippen LogP contribution in [0, 0.1) is 0 Å². The molecule has 0 bridgehead atoms. The number of aliphatic hydroxyl groups excluding tert-OH is 2. The lowest BCUT2D eigenvalue weighted by Gasteiger charge is -2.23. The lowest BCUT2D eigenvalue weighted by atomic mass is 10.1. The maximum atomic E-state index is 9.62. The van der Waals surface area contributed by atoms with Gasteiger partial charge in [-0.25, -0.2) is 0 Å². The molecule has 0 aliphatic rings. The zero-order valence-electron chi connectivity index (χ0n) is 6.82. The Labute approximate surface area is 86.7 Å². The first-order valence-corrected chi connectivity index (χ1v) is 4.55. The maximum absolute atomic E-state index is 9.62. The molecule has 2 nitrogen and oxygen atoms in total. The first kappa shape index (κ1) is 10.8. The van der Waals surface area contributed by atoms with Gasteiger partial charge < -0.3 is 10.2 Å². The van der Waals surface area contributed by atoms with E-state index >= 15 is 0 Å². The van der Waals surface area contributed by atoms with Crippen LogP contribution in [0.1, 0.15) is 11.7 Å².